The van der Waals surface area contributed by atoms with Gasteiger partial charge in [0.05, 0.1) is 23.4 Å². The van der Waals surface area contributed by atoms with Crippen molar-refractivity contribution in [3.8, 4) is 6.07 Å². The fraction of sp³-hybridized carbons (Fsp3) is 0.353. The second-order valence-corrected chi connectivity index (χ2v) is 7.87. The quantitative estimate of drug-likeness (QED) is 0.818. The number of carbonyl (C=O) groups is 1. The Morgan fingerprint density at radius 1 is 1.46 bits per heavy atom. The Bertz CT molecular complexity index is 918. The first-order chi connectivity index (χ1) is 12.5. The van der Waals surface area contributed by atoms with Crippen molar-refractivity contribution in [3.63, 3.8) is 0 Å². The highest BCUT2D eigenvalue weighted by Gasteiger charge is 2.25. The van der Waals surface area contributed by atoms with Crippen LogP contribution in [0, 0.1) is 17.2 Å². The zero-order valence-electron chi connectivity index (χ0n) is 14.1. The molecular weight excluding hydrogens is 354 g/mol. The Kier molecular flexibility index (Phi) is 5.35. The number of imidazole rings is 1. The van der Waals surface area contributed by atoms with Crippen LogP contribution in [0.15, 0.2) is 41.6 Å². The molecule has 1 fully saturated rings. The fourth-order valence-electron chi connectivity index (χ4n) is 2.89. The highest BCUT2D eigenvalue weighted by atomic mass is 32.2. The van der Waals surface area contributed by atoms with E-state index in [1.165, 1.54) is 18.3 Å². The molecule has 1 aromatic heterocycles. The molecule has 0 radical (unpaired) electrons. The number of likely N-dealkylation sites (tertiary alicyclic amines) is 1. The van der Waals surface area contributed by atoms with E-state index < -0.39 is 10.0 Å². The maximum Gasteiger partial charge on any atom is 0.253 e. The minimum Gasteiger partial charge on any atom is -0.347 e. The van der Waals surface area contributed by atoms with Gasteiger partial charge in [-0.25, -0.2) is 18.1 Å². The Morgan fingerprint density at radius 2 is 2.31 bits per heavy atom. The molecule has 0 unspecified atom stereocenters. The zero-order valence-corrected chi connectivity index (χ0v) is 14.9. The molecule has 3 rings (SSSR count). The molecule has 2 heterocycles. The van der Waals surface area contributed by atoms with Gasteiger partial charge in [0.15, 0.2) is 0 Å². The van der Waals surface area contributed by atoms with Gasteiger partial charge in [-0.05, 0) is 31.0 Å². The van der Waals surface area contributed by atoms with Crippen molar-refractivity contribution in [1.82, 2.24) is 19.6 Å². The molecule has 0 aliphatic carbocycles. The molecule has 1 aliphatic rings. The van der Waals surface area contributed by atoms with Crippen LogP contribution in [0.3, 0.4) is 0 Å². The first kappa shape index (κ1) is 18.1. The van der Waals surface area contributed by atoms with E-state index >= 15 is 0 Å². The third-order valence-electron chi connectivity index (χ3n) is 4.27. The molecule has 2 N–H and O–H groups in total. The number of sulfonamides is 1. The van der Waals surface area contributed by atoms with Gasteiger partial charge in [0, 0.05) is 31.0 Å². The predicted octanol–water partition coefficient (Wildman–Crippen LogP) is 1.26. The summed E-state index contributed by atoms with van der Waals surface area (Å²) in [7, 11) is -3.77. The third kappa shape index (κ3) is 4.09. The van der Waals surface area contributed by atoms with E-state index in [0.717, 1.165) is 12.8 Å². The number of hydrogen-bond acceptors (Lipinski definition) is 5. The Labute approximate surface area is 151 Å². The van der Waals surface area contributed by atoms with Crippen molar-refractivity contribution in [2.45, 2.75) is 24.3 Å². The number of nitrogens with zero attached hydrogens (tertiary/aromatic N) is 3. The van der Waals surface area contributed by atoms with Crippen molar-refractivity contribution >= 4 is 15.9 Å². The van der Waals surface area contributed by atoms with Crippen LogP contribution >= 0.6 is 0 Å². The number of aromatic amines is 1. The van der Waals surface area contributed by atoms with E-state index in [1.54, 1.807) is 23.2 Å². The number of nitriles is 1. The molecule has 9 heteroatoms. The second-order valence-electron chi connectivity index (χ2n) is 6.11. The number of benzene rings is 1. The molecule has 0 spiro atoms. The van der Waals surface area contributed by atoms with Gasteiger partial charge < -0.3 is 9.88 Å². The van der Waals surface area contributed by atoms with E-state index in [2.05, 4.69) is 20.8 Å². The molecule has 1 aromatic carbocycles. The number of piperidine rings is 1. The second kappa shape index (κ2) is 7.68. The smallest absolute Gasteiger partial charge is 0.253 e. The van der Waals surface area contributed by atoms with E-state index in [-0.39, 0.29) is 23.3 Å². The average molecular weight is 373 g/mol. The number of aromatic nitrogens is 2. The fourth-order valence-corrected chi connectivity index (χ4v) is 3.92. The van der Waals surface area contributed by atoms with Gasteiger partial charge in [0.25, 0.3) is 5.91 Å². The summed E-state index contributed by atoms with van der Waals surface area (Å²) in [5, 5.41) is 9.07. The van der Waals surface area contributed by atoms with Gasteiger partial charge in [-0.2, -0.15) is 5.26 Å². The number of amides is 1. The molecule has 136 valence electrons. The maximum atomic E-state index is 12.7. The number of rotatable bonds is 5. The standard InChI is InChI=1S/C17H19N5O3S/c18-10-13-3-2-8-22(12-13)17(23)14-4-1-5-15(9-14)26(24,25)21-11-16-19-6-7-20-16/h1,4-7,9,13,21H,2-3,8,11-12H2,(H,19,20)/t13-/m0/s1. The lowest BCUT2D eigenvalue weighted by molar-refractivity contribution is 0.0698. The van der Waals surface area contributed by atoms with Gasteiger partial charge in [0.2, 0.25) is 10.0 Å². The van der Waals surface area contributed by atoms with Crippen molar-refractivity contribution < 1.29 is 13.2 Å². The van der Waals surface area contributed by atoms with Crippen LogP contribution in [0.25, 0.3) is 0 Å². The monoisotopic (exact) mass is 373 g/mol. The van der Waals surface area contributed by atoms with Crippen molar-refractivity contribution in [1.29, 1.82) is 5.26 Å². The number of H-pyrrole nitrogens is 1. The normalized spacial score (nSPS) is 17.7. The lowest BCUT2D eigenvalue weighted by Crippen LogP contribution is -2.39. The molecule has 26 heavy (non-hydrogen) atoms. The van der Waals surface area contributed by atoms with Crippen molar-refractivity contribution in [3.05, 3.63) is 48.0 Å². The summed E-state index contributed by atoms with van der Waals surface area (Å²) < 4.78 is 27.4. The molecule has 0 saturated carbocycles. The largest absolute Gasteiger partial charge is 0.347 e. The molecule has 1 aliphatic heterocycles. The lowest BCUT2D eigenvalue weighted by Gasteiger charge is -2.29. The van der Waals surface area contributed by atoms with E-state index in [1.807, 2.05) is 0 Å². The third-order valence-corrected chi connectivity index (χ3v) is 5.67. The lowest BCUT2D eigenvalue weighted by atomic mass is 9.99. The zero-order chi connectivity index (χ0) is 18.6. The molecular formula is C17H19N5O3S. The van der Waals surface area contributed by atoms with Crippen molar-refractivity contribution in [2.75, 3.05) is 13.1 Å². The van der Waals surface area contributed by atoms with Crippen LogP contribution in [0.5, 0.6) is 0 Å². The summed E-state index contributed by atoms with van der Waals surface area (Å²) in [6.07, 6.45) is 4.70. The Hall–Kier alpha value is -2.70. The van der Waals surface area contributed by atoms with Gasteiger partial charge in [-0.3, -0.25) is 4.79 Å². The first-order valence-electron chi connectivity index (χ1n) is 8.26. The molecule has 2 aromatic rings. The highest BCUT2D eigenvalue weighted by molar-refractivity contribution is 7.89. The molecule has 1 saturated heterocycles. The summed E-state index contributed by atoms with van der Waals surface area (Å²) in [5.41, 5.74) is 0.296. The summed E-state index contributed by atoms with van der Waals surface area (Å²) in [4.78, 5) is 21.1. The van der Waals surface area contributed by atoms with Crippen LogP contribution in [0.1, 0.15) is 29.0 Å². The van der Waals surface area contributed by atoms with Gasteiger partial charge in [0.1, 0.15) is 5.82 Å². The highest BCUT2D eigenvalue weighted by Crippen LogP contribution is 2.19. The topological polar surface area (TPSA) is 119 Å². The van der Waals surface area contributed by atoms with Crippen LogP contribution < -0.4 is 4.72 Å². The summed E-state index contributed by atoms with van der Waals surface area (Å²) in [6, 6.07) is 8.13. The maximum absolute atomic E-state index is 12.7. The minimum atomic E-state index is -3.77. The molecule has 0 bridgehead atoms. The Balaban J connectivity index is 1.75. The van der Waals surface area contributed by atoms with E-state index in [9.17, 15) is 13.2 Å². The van der Waals surface area contributed by atoms with Crippen LogP contribution in [-0.4, -0.2) is 42.3 Å². The Morgan fingerprint density at radius 3 is 3.04 bits per heavy atom. The minimum absolute atomic E-state index is 0.0174. The van der Waals surface area contributed by atoms with Gasteiger partial charge in [-0.1, -0.05) is 6.07 Å². The van der Waals surface area contributed by atoms with Crippen LogP contribution in [-0.2, 0) is 16.6 Å². The van der Waals surface area contributed by atoms with Gasteiger partial charge in [-0.15, -0.1) is 0 Å². The molecule has 1 atom stereocenters. The van der Waals surface area contributed by atoms with E-state index in [0.29, 0.717) is 24.5 Å². The van der Waals surface area contributed by atoms with Crippen LogP contribution in [0.2, 0.25) is 0 Å². The first-order valence-corrected chi connectivity index (χ1v) is 9.75. The SMILES string of the molecule is N#C[C@@H]1CCCN(C(=O)c2cccc(S(=O)(=O)NCc3ncc[nH]3)c2)C1. The van der Waals surface area contributed by atoms with E-state index in [4.69, 9.17) is 5.26 Å². The summed E-state index contributed by atoms with van der Waals surface area (Å²) in [5.74, 6) is 0.0688. The summed E-state index contributed by atoms with van der Waals surface area (Å²) in [6.45, 7) is 0.983. The number of nitrogens with one attached hydrogen (secondary N) is 2. The number of hydrogen-bond donors (Lipinski definition) is 2. The van der Waals surface area contributed by atoms with Crippen LogP contribution in [0.4, 0.5) is 0 Å². The van der Waals surface area contributed by atoms with Gasteiger partial charge >= 0.3 is 0 Å². The average Bonchev–Trinajstić information content (AvgIpc) is 3.20. The van der Waals surface area contributed by atoms with Crippen molar-refractivity contribution in [2.24, 2.45) is 5.92 Å². The molecule has 8 nitrogen and oxygen atoms in total. The predicted molar refractivity (Wildman–Crippen MR) is 93.3 cm³/mol. The summed E-state index contributed by atoms with van der Waals surface area (Å²) >= 11 is 0. The number of carbonyl (C=O) groups excluding carboxylic acids is 1. The molecule has 1 amide bonds.